The average molecular weight is 287 g/mol. The van der Waals surface area contributed by atoms with Gasteiger partial charge in [0.15, 0.2) is 0 Å². The fourth-order valence-corrected chi connectivity index (χ4v) is 2.15. The molecule has 1 aliphatic rings. The maximum atomic E-state index is 12.0. The SMILES string of the molecule is Cc1ccc(-n2cnnn2)cc1NC(=O)[C@@H]1C[C@@H]1C(=O)O. The molecule has 1 aromatic carbocycles. The van der Waals surface area contributed by atoms with Crippen molar-refractivity contribution in [2.24, 2.45) is 11.8 Å². The molecule has 0 aliphatic heterocycles. The fourth-order valence-electron chi connectivity index (χ4n) is 2.15. The van der Waals surface area contributed by atoms with E-state index in [1.165, 1.54) is 11.0 Å². The van der Waals surface area contributed by atoms with Gasteiger partial charge in [0.25, 0.3) is 0 Å². The first-order chi connectivity index (χ1) is 10.1. The second kappa shape index (κ2) is 4.97. The Labute approximate surface area is 119 Å². The molecule has 1 aliphatic carbocycles. The van der Waals surface area contributed by atoms with E-state index < -0.39 is 17.8 Å². The number of anilines is 1. The van der Waals surface area contributed by atoms with Gasteiger partial charge in [-0.1, -0.05) is 6.07 Å². The third-order valence-electron chi connectivity index (χ3n) is 3.54. The van der Waals surface area contributed by atoms with Crippen LogP contribution in [0.3, 0.4) is 0 Å². The summed E-state index contributed by atoms with van der Waals surface area (Å²) in [7, 11) is 0. The normalized spacial score (nSPS) is 20.0. The molecular weight excluding hydrogens is 274 g/mol. The summed E-state index contributed by atoms with van der Waals surface area (Å²) in [5.74, 6) is -2.19. The molecule has 2 atom stereocenters. The minimum absolute atomic E-state index is 0.264. The highest BCUT2D eigenvalue weighted by atomic mass is 16.4. The number of hydrogen-bond donors (Lipinski definition) is 2. The van der Waals surface area contributed by atoms with Gasteiger partial charge in [0.1, 0.15) is 6.33 Å². The van der Waals surface area contributed by atoms with Gasteiger partial charge >= 0.3 is 5.97 Å². The summed E-state index contributed by atoms with van der Waals surface area (Å²) in [5, 5.41) is 22.5. The maximum absolute atomic E-state index is 12.0. The van der Waals surface area contributed by atoms with E-state index in [-0.39, 0.29) is 5.91 Å². The van der Waals surface area contributed by atoms with Gasteiger partial charge in [-0.2, -0.15) is 0 Å². The van der Waals surface area contributed by atoms with Crippen LogP contribution >= 0.6 is 0 Å². The van der Waals surface area contributed by atoms with Crippen LogP contribution < -0.4 is 5.32 Å². The lowest BCUT2D eigenvalue weighted by Gasteiger charge is -2.10. The Bertz CT molecular complexity index is 698. The Kier molecular flexibility index (Phi) is 3.13. The molecular formula is C13H13N5O3. The van der Waals surface area contributed by atoms with E-state index in [4.69, 9.17) is 5.11 Å². The highest BCUT2D eigenvalue weighted by Gasteiger charge is 2.48. The number of carboxylic acid groups (broad SMARTS) is 1. The zero-order valence-corrected chi connectivity index (χ0v) is 11.2. The number of amides is 1. The van der Waals surface area contributed by atoms with E-state index in [1.54, 1.807) is 6.07 Å². The predicted molar refractivity (Wildman–Crippen MR) is 71.8 cm³/mol. The monoisotopic (exact) mass is 287 g/mol. The molecule has 3 rings (SSSR count). The lowest BCUT2D eigenvalue weighted by Crippen LogP contribution is -2.17. The topological polar surface area (TPSA) is 110 Å². The van der Waals surface area contributed by atoms with Crippen molar-refractivity contribution < 1.29 is 14.7 Å². The number of nitrogens with one attached hydrogen (secondary N) is 1. The first-order valence-electron chi connectivity index (χ1n) is 6.44. The molecule has 1 saturated carbocycles. The van der Waals surface area contributed by atoms with Gasteiger partial charge in [0, 0.05) is 5.69 Å². The molecule has 21 heavy (non-hydrogen) atoms. The number of tetrazole rings is 1. The van der Waals surface area contributed by atoms with Gasteiger partial charge in [0.2, 0.25) is 5.91 Å². The predicted octanol–water partition coefficient (Wildman–Crippen LogP) is 0.630. The van der Waals surface area contributed by atoms with Crippen LogP contribution in [-0.2, 0) is 9.59 Å². The van der Waals surface area contributed by atoms with Crippen LogP contribution in [0.1, 0.15) is 12.0 Å². The molecule has 0 spiro atoms. The Morgan fingerprint density at radius 1 is 1.38 bits per heavy atom. The third kappa shape index (κ3) is 2.60. The van der Waals surface area contributed by atoms with Crippen LogP contribution in [0.4, 0.5) is 5.69 Å². The molecule has 0 bridgehead atoms. The van der Waals surface area contributed by atoms with Crippen molar-refractivity contribution >= 4 is 17.6 Å². The number of nitrogens with zero attached hydrogens (tertiary/aromatic N) is 4. The van der Waals surface area contributed by atoms with E-state index in [9.17, 15) is 9.59 Å². The van der Waals surface area contributed by atoms with E-state index in [1.807, 2.05) is 19.1 Å². The summed E-state index contributed by atoms with van der Waals surface area (Å²) in [4.78, 5) is 22.8. The lowest BCUT2D eigenvalue weighted by atomic mass is 10.1. The molecule has 8 nitrogen and oxygen atoms in total. The van der Waals surface area contributed by atoms with E-state index in [0.29, 0.717) is 17.8 Å². The molecule has 8 heteroatoms. The molecule has 0 saturated heterocycles. The van der Waals surface area contributed by atoms with E-state index >= 15 is 0 Å². The summed E-state index contributed by atoms with van der Waals surface area (Å²) >= 11 is 0. The molecule has 1 fully saturated rings. The van der Waals surface area contributed by atoms with Crippen LogP contribution in [0, 0.1) is 18.8 Å². The lowest BCUT2D eigenvalue weighted by molar-refractivity contribution is -0.139. The second-order valence-electron chi connectivity index (χ2n) is 5.03. The van der Waals surface area contributed by atoms with Gasteiger partial charge in [-0.25, -0.2) is 4.68 Å². The van der Waals surface area contributed by atoms with Crippen molar-refractivity contribution in [2.45, 2.75) is 13.3 Å². The van der Waals surface area contributed by atoms with Crippen molar-refractivity contribution in [2.75, 3.05) is 5.32 Å². The van der Waals surface area contributed by atoms with Gasteiger partial charge in [-0.15, -0.1) is 5.10 Å². The molecule has 1 amide bonds. The summed E-state index contributed by atoms with van der Waals surface area (Å²) in [6, 6.07) is 5.43. The zero-order valence-electron chi connectivity index (χ0n) is 11.2. The second-order valence-corrected chi connectivity index (χ2v) is 5.03. The number of benzene rings is 1. The number of carbonyl (C=O) groups excluding carboxylic acids is 1. The van der Waals surface area contributed by atoms with Crippen molar-refractivity contribution in [1.29, 1.82) is 0 Å². The number of carbonyl (C=O) groups is 2. The Hall–Kier alpha value is -2.77. The third-order valence-corrected chi connectivity index (χ3v) is 3.54. The molecule has 0 unspecified atom stereocenters. The van der Waals surface area contributed by atoms with Crippen molar-refractivity contribution in [1.82, 2.24) is 20.2 Å². The minimum atomic E-state index is -0.922. The van der Waals surface area contributed by atoms with Crippen molar-refractivity contribution in [3.8, 4) is 5.69 Å². The number of rotatable bonds is 4. The van der Waals surface area contributed by atoms with Crippen LogP contribution in [-0.4, -0.2) is 37.2 Å². The summed E-state index contributed by atoms with van der Waals surface area (Å²) in [6.45, 7) is 1.86. The number of aromatic nitrogens is 4. The molecule has 2 N–H and O–H groups in total. The maximum Gasteiger partial charge on any atom is 0.307 e. The minimum Gasteiger partial charge on any atom is -0.481 e. The molecule has 108 valence electrons. The molecule has 1 heterocycles. The van der Waals surface area contributed by atoms with Gasteiger partial charge in [-0.05, 0) is 41.5 Å². The van der Waals surface area contributed by atoms with E-state index in [2.05, 4.69) is 20.8 Å². The molecule has 2 aromatic rings. The van der Waals surface area contributed by atoms with Crippen molar-refractivity contribution in [3.63, 3.8) is 0 Å². The standard InChI is InChI=1S/C13H13N5O3/c1-7-2-3-8(18-6-14-16-17-18)4-11(7)15-12(19)9-5-10(9)13(20)21/h2-4,6,9-10H,5H2,1H3,(H,15,19)(H,20,21)/t9-,10+/m1/s1. The zero-order chi connectivity index (χ0) is 15.0. The van der Waals surface area contributed by atoms with Crippen LogP contribution in [0.15, 0.2) is 24.5 Å². The Balaban J connectivity index is 1.78. The highest BCUT2D eigenvalue weighted by molar-refractivity contribution is 5.98. The van der Waals surface area contributed by atoms with Gasteiger partial charge < -0.3 is 10.4 Å². The molecule has 1 aromatic heterocycles. The Morgan fingerprint density at radius 3 is 2.81 bits per heavy atom. The number of aliphatic carboxylic acids is 1. The van der Waals surface area contributed by atoms with Crippen molar-refractivity contribution in [3.05, 3.63) is 30.1 Å². The number of carboxylic acids is 1. The van der Waals surface area contributed by atoms with E-state index in [0.717, 1.165) is 5.56 Å². The number of hydrogen-bond acceptors (Lipinski definition) is 5. The highest BCUT2D eigenvalue weighted by Crippen LogP contribution is 2.39. The number of aryl methyl sites for hydroxylation is 1. The summed E-state index contributed by atoms with van der Waals surface area (Å²) < 4.78 is 1.48. The fraction of sp³-hybridized carbons (Fsp3) is 0.308. The molecule has 0 radical (unpaired) electrons. The van der Waals surface area contributed by atoms with Gasteiger partial charge in [0.05, 0.1) is 17.5 Å². The largest absolute Gasteiger partial charge is 0.481 e. The van der Waals surface area contributed by atoms with Crippen LogP contribution in [0.25, 0.3) is 5.69 Å². The quantitative estimate of drug-likeness (QED) is 0.853. The summed E-state index contributed by atoms with van der Waals surface area (Å²) in [5.41, 5.74) is 2.23. The van der Waals surface area contributed by atoms with Crippen LogP contribution in [0.5, 0.6) is 0 Å². The smallest absolute Gasteiger partial charge is 0.307 e. The van der Waals surface area contributed by atoms with Gasteiger partial charge in [-0.3, -0.25) is 9.59 Å². The first-order valence-corrected chi connectivity index (χ1v) is 6.44. The van der Waals surface area contributed by atoms with Crippen LogP contribution in [0.2, 0.25) is 0 Å². The summed E-state index contributed by atoms with van der Waals surface area (Å²) in [6.07, 6.45) is 1.85. The Morgan fingerprint density at radius 2 is 2.19 bits per heavy atom. The average Bonchev–Trinajstić information content (AvgIpc) is 3.09. The first kappa shape index (κ1) is 13.2.